The first-order chi connectivity index (χ1) is 16.9. The van der Waals surface area contributed by atoms with Crippen molar-refractivity contribution in [3.63, 3.8) is 0 Å². The van der Waals surface area contributed by atoms with E-state index in [1.165, 1.54) is 0 Å². The fourth-order valence-electron chi connectivity index (χ4n) is 4.15. The van der Waals surface area contributed by atoms with Gasteiger partial charge in [-0.15, -0.1) is 0 Å². The van der Waals surface area contributed by atoms with Crippen molar-refractivity contribution in [1.82, 2.24) is 15.1 Å². The van der Waals surface area contributed by atoms with Gasteiger partial charge in [-0.3, -0.25) is 14.5 Å². The van der Waals surface area contributed by atoms with Crippen LogP contribution in [0.15, 0.2) is 84.9 Å². The van der Waals surface area contributed by atoms with Crippen molar-refractivity contribution in [3.05, 3.63) is 107 Å². The second-order valence-corrected chi connectivity index (χ2v) is 8.67. The maximum atomic E-state index is 13.4. The molecule has 176 valence electrons. The van der Waals surface area contributed by atoms with Crippen molar-refractivity contribution in [1.29, 1.82) is 5.26 Å². The Bertz CT molecular complexity index is 1250. The number of carbonyl (C=O) groups is 3. The smallest absolute Gasteiger partial charge is 0.325 e. The number of rotatable bonds is 8. The zero-order valence-electron chi connectivity index (χ0n) is 19.5. The maximum absolute atomic E-state index is 13.4. The largest absolute Gasteiger partial charge is 0.336 e. The van der Waals surface area contributed by atoms with E-state index in [9.17, 15) is 14.4 Å². The average Bonchev–Trinajstić information content (AvgIpc) is 3.11. The molecule has 1 fully saturated rings. The van der Waals surface area contributed by atoms with Gasteiger partial charge in [0.15, 0.2) is 0 Å². The standard InChI is InChI=1S/C28H26N4O3/c1-28(24-14-12-22(18-29)13-15-24)26(34)32(27(35)30-28)20-25(33)31(19-23-10-6-3-7-11-23)17-16-21-8-4-2-5-9-21/h2-15H,16-17,19-20H2,1H3,(H,30,35). The number of urea groups is 1. The van der Waals surface area contributed by atoms with Gasteiger partial charge in [0.25, 0.3) is 5.91 Å². The zero-order chi connectivity index (χ0) is 24.8. The molecule has 1 aliphatic heterocycles. The summed E-state index contributed by atoms with van der Waals surface area (Å²) in [6.07, 6.45) is 0.655. The summed E-state index contributed by atoms with van der Waals surface area (Å²) in [5, 5.41) is 11.7. The van der Waals surface area contributed by atoms with Gasteiger partial charge in [-0.2, -0.15) is 5.26 Å². The summed E-state index contributed by atoms with van der Waals surface area (Å²) < 4.78 is 0. The number of nitriles is 1. The number of amides is 4. The predicted octanol–water partition coefficient (Wildman–Crippen LogP) is 3.60. The van der Waals surface area contributed by atoms with Gasteiger partial charge in [0.1, 0.15) is 12.1 Å². The van der Waals surface area contributed by atoms with Crippen LogP contribution in [0.2, 0.25) is 0 Å². The van der Waals surface area contributed by atoms with Crippen molar-refractivity contribution in [3.8, 4) is 6.07 Å². The molecule has 1 heterocycles. The SMILES string of the molecule is CC1(c2ccc(C#N)cc2)NC(=O)N(CC(=O)N(CCc2ccccc2)Cc2ccccc2)C1=O. The minimum Gasteiger partial charge on any atom is -0.336 e. The number of nitrogens with one attached hydrogen (secondary N) is 1. The van der Waals surface area contributed by atoms with E-state index in [-0.39, 0.29) is 12.5 Å². The van der Waals surface area contributed by atoms with Crippen LogP contribution in [-0.2, 0) is 28.1 Å². The quantitative estimate of drug-likeness (QED) is 0.514. The van der Waals surface area contributed by atoms with Crippen LogP contribution in [-0.4, -0.2) is 40.7 Å². The predicted molar refractivity (Wildman–Crippen MR) is 131 cm³/mol. The molecule has 0 bridgehead atoms. The summed E-state index contributed by atoms with van der Waals surface area (Å²) in [6.45, 7) is 2.09. The minimum atomic E-state index is -1.31. The second-order valence-electron chi connectivity index (χ2n) is 8.67. The maximum Gasteiger partial charge on any atom is 0.325 e. The molecular weight excluding hydrogens is 440 g/mol. The molecule has 0 aliphatic carbocycles. The first kappa shape index (κ1) is 23.7. The fourth-order valence-corrected chi connectivity index (χ4v) is 4.15. The molecule has 0 saturated carbocycles. The third-order valence-corrected chi connectivity index (χ3v) is 6.24. The van der Waals surface area contributed by atoms with Crippen LogP contribution in [0.1, 0.15) is 29.2 Å². The molecule has 0 spiro atoms. The van der Waals surface area contributed by atoms with Crippen LogP contribution < -0.4 is 5.32 Å². The minimum absolute atomic E-state index is 0.308. The third kappa shape index (κ3) is 5.22. The molecular formula is C28H26N4O3. The first-order valence-corrected chi connectivity index (χ1v) is 11.4. The molecule has 7 nitrogen and oxygen atoms in total. The van der Waals surface area contributed by atoms with E-state index in [1.54, 1.807) is 36.1 Å². The number of hydrogen-bond acceptors (Lipinski definition) is 4. The number of hydrogen-bond donors (Lipinski definition) is 1. The highest BCUT2D eigenvalue weighted by atomic mass is 16.2. The summed E-state index contributed by atoms with van der Waals surface area (Å²) >= 11 is 0. The molecule has 1 N–H and O–H groups in total. The summed E-state index contributed by atoms with van der Waals surface area (Å²) in [6, 6.07) is 27.4. The third-order valence-electron chi connectivity index (χ3n) is 6.24. The number of benzene rings is 3. The zero-order valence-corrected chi connectivity index (χ0v) is 19.5. The Morgan fingerprint density at radius 1 is 0.943 bits per heavy atom. The fraction of sp³-hybridized carbons (Fsp3) is 0.214. The molecule has 35 heavy (non-hydrogen) atoms. The van der Waals surface area contributed by atoms with Gasteiger partial charge in [-0.05, 0) is 42.2 Å². The molecule has 4 rings (SSSR count). The Balaban J connectivity index is 1.51. The Morgan fingerprint density at radius 3 is 2.14 bits per heavy atom. The van der Waals surface area contributed by atoms with E-state index < -0.39 is 17.5 Å². The Hall–Kier alpha value is -4.44. The lowest BCUT2D eigenvalue weighted by Crippen LogP contribution is -2.44. The van der Waals surface area contributed by atoms with Crippen molar-refractivity contribution in [2.75, 3.05) is 13.1 Å². The first-order valence-electron chi connectivity index (χ1n) is 11.4. The Kier molecular flexibility index (Phi) is 6.93. The van der Waals surface area contributed by atoms with Gasteiger partial charge in [-0.1, -0.05) is 72.8 Å². The van der Waals surface area contributed by atoms with Crippen LogP contribution >= 0.6 is 0 Å². The van der Waals surface area contributed by atoms with E-state index in [0.29, 0.717) is 30.6 Å². The molecule has 1 saturated heterocycles. The van der Waals surface area contributed by atoms with Crippen LogP contribution in [0.4, 0.5) is 4.79 Å². The molecule has 4 amide bonds. The monoisotopic (exact) mass is 466 g/mol. The van der Waals surface area contributed by atoms with Crippen molar-refractivity contribution >= 4 is 17.8 Å². The summed E-state index contributed by atoms with van der Waals surface area (Å²) in [7, 11) is 0. The molecule has 3 aromatic carbocycles. The highest BCUT2D eigenvalue weighted by molar-refractivity contribution is 6.09. The Labute approximate surface area is 204 Å². The molecule has 1 unspecified atom stereocenters. The van der Waals surface area contributed by atoms with Crippen LogP contribution in [0, 0.1) is 11.3 Å². The Morgan fingerprint density at radius 2 is 1.54 bits per heavy atom. The van der Waals surface area contributed by atoms with Crippen LogP contribution in [0.25, 0.3) is 0 Å². The lowest BCUT2D eigenvalue weighted by atomic mass is 9.91. The number of imide groups is 1. The van der Waals surface area contributed by atoms with E-state index in [0.717, 1.165) is 16.0 Å². The van der Waals surface area contributed by atoms with E-state index in [2.05, 4.69) is 5.32 Å². The van der Waals surface area contributed by atoms with E-state index in [4.69, 9.17) is 5.26 Å². The lowest BCUT2D eigenvalue weighted by Gasteiger charge is -2.26. The number of nitrogens with zero attached hydrogens (tertiary/aromatic N) is 3. The van der Waals surface area contributed by atoms with Gasteiger partial charge in [0, 0.05) is 13.1 Å². The molecule has 3 aromatic rings. The molecule has 0 radical (unpaired) electrons. The molecule has 1 atom stereocenters. The van der Waals surface area contributed by atoms with Crippen molar-refractivity contribution < 1.29 is 14.4 Å². The van der Waals surface area contributed by atoms with E-state index in [1.807, 2.05) is 66.7 Å². The topological polar surface area (TPSA) is 93.5 Å². The van der Waals surface area contributed by atoms with Crippen molar-refractivity contribution in [2.45, 2.75) is 25.4 Å². The van der Waals surface area contributed by atoms with E-state index >= 15 is 0 Å². The molecule has 0 aromatic heterocycles. The van der Waals surface area contributed by atoms with Crippen LogP contribution in [0.3, 0.4) is 0 Å². The molecule has 1 aliphatic rings. The summed E-state index contributed by atoms with van der Waals surface area (Å²) in [4.78, 5) is 42.1. The average molecular weight is 467 g/mol. The highest BCUT2D eigenvalue weighted by Gasteiger charge is 2.49. The van der Waals surface area contributed by atoms with Gasteiger partial charge < -0.3 is 10.2 Å². The highest BCUT2D eigenvalue weighted by Crippen LogP contribution is 2.29. The molecule has 7 heteroatoms. The number of carbonyl (C=O) groups excluding carboxylic acids is 3. The van der Waals surface area contributed by atoms with Crippen LogP contribution in [0.5, 0.6) is 0 Å². The van der Waals surface area contributed by atoms with Gasteiger partial charge >= 0.3 is 6.03 Å². The van der Waals surface area contributed by atoms with Gasteiger partial charge in [0.2, 0.25) is 5.91 Å². The summed E-state index contributed by atoms with van der Waals surface area (Å²) in [5.74, 6) is -0.805. The lowest BCUT2D eigenvalue weighted by molar-refractivity contribution is -0.139. The van der Waals surface area contributed by atoms with Crippen molar-refractivity contribution in [2.24, 2.45) is 0 Å². The normalized spacial score (nSPS) is 17.1. The van der Waals surface area contributed by atoms with Gasteiger partial charge in [-0.25, -0.2) is 4.79 Å². The second kappa shape index (κ2) is 10.2. The summed E-state index contributed by atoms with van der Waals surface area (Å²) in [5.41, 5.74) is 1.76. The van der Waals surface area contributed by atoms with Gasteiger partial charge in [0.05, 0.1) is 11.6 Å².